The summed E-state index contributed by atoms with van der Waals surface area (Å²) in [5.41, 5.74) is 2.05. The van der Waals surface area contributed by atoms with Gasteiger partial charge in [0.05, 0.1) is 4.47 Å². The molecule has 0 aliphatic carbocycles. The van der Waals surface area contributed by atoms with Crippen molar-refractivity contribution < 1.29 is 4.74 Å². The van der Waals surface area contributed by atoms with E-state index in [1.807, 2.05) is 36.4 Å². The molecule has 1 aromatic carbocycles. The Morgan fingerprint density at radius 2 is 2.05 bits per heavy atom. The summed E-state index contributed by atoms with van der Waals surface area (Å²) in [4.78, 5) is 4.51. The molecule has 0 unspecified atom stereocenters. The number of rotatable bonds is 5. The SMILES string of the molecule is CCCc1cc(CCl)cc(Oc2ccccc2Br)n1. The number of nitrogens with zero attached hydrogens (tertiary/aromatic N) is 1. The van der Waals surface area contributed by atoms with Crippen molar-refractivity contribution in [3.8, 4) is 11.6 Å². The summed E-state index contributed by atoms with van der Waals surface area (Å²) in [6.45, 7) is 2.13. The molecule has 0 amide bonds. The van der Waals surface area contributed by atoms with Gasteiger partial charge in [0.15, 0.2) is 0 Å². The summed E-state index contributed by atoms with van der Waals surface area (Å²) in [5.74, 6) is 1.81. The molecule has 0 spiro atoms. The van der Waals surface area contributed by atoms with Crippen LogP contribution in [0.1, 0.15) is 24.6 Å². The monoisotopic (exact) mass is 339 g/mol. The third kappa shape index (κ3) is 3.95. The lowest BCUT2D eigenvalue weighted by molar-refractivity contribution is 0.457. The van der Waals surface area contributed by atoms with Gasteiger partial charge in [-0.15, -0.1) is 11.6 Å². The highest BCUT2D eigenvalue weighted by Gasteiger charge is 2.06. The van der Waals surface area contributed by atoms with Gasteiger partial charge in [0.2, 0.25) is 5.88 Å². The first-order chi connectivity index (χ1) is 9.22. The van der Waals surface area contributed by atoms with Crippen molar-refractivity contribution in [2.24, 2.45) is 0 Å². The van der Waals surface area contributed by atoms with E-state index in [1.165, 1.54) is 0 Å². The molecule has 0 fully saturated rings. The van der Waals surface area contributed by atoms with E-state index in [9.17, 15) is 0 Å². The zero-order chi connectivity index (χ0) is 13.7. The molecule has 2 nitrogen and oxygen atoms in total. The van der Waals surface area contributed by atoms with Crippen molar-refractivity contribution >= 4 is 27.5 Å². The first kappa shape index (κ1) is 14.4. The molecular weight excluding hydrogens is 326 g/mol. The molecule has 2 rings (SSSR count). The lowest BCUT2D eigenvalue weighted by Gasteiger charge is -2.09. The molecule has 0 radical (unpaired) electrons. The van der Waals surface area contributed by atoms with Crippen LogP contribution in [0.4, 0.5) is 0 Å². The van der Waals surface area contributed by atoms with Gasteiger partial charge in [-0.05, 0) is 46.1 Å². The van der Waals surface area contributed by atoms with E-state index in [1.54, 1.807) is 0 Å². The van der Waals surface area contributed by atoms with E-state index in [-0.39, 0.29) is 0 Å². The summed E-state index contributed by atoms with van der Waals surface area (Å²) >= 11 is 9.37. The maximum Gasteiger partial charge on any atom is 0.219 e. The molecule has 100 valence electrons. The lowest BCUT2D eigenvalue weighted by Crippen LogP contribution is -1.96. The Balaban J connectivity index is 2.29. The van der Waals surface area contributed by atoms with Crippen molar-refractivity contribution in [1.82, 2.24) is 4.98 Å². The molecule has 0 saturated heterocycles. The number of pyridine rings is 1. The molecule has 0 N–H and O–H groups in total. The van der Waals surface area contributed by atoms with Gasteiger partial charge in [-0.1, -0.05) is 25.5 Å². The van der Waals surface area contributed by atoms with Crippen molar-refractivity contribution in [2.45, 2.75) is 25.6 Å². The minimum absolute atomic E-state index is 0.464. The topological polar surface area (TPSA) is 22.1 Å². The van der Waals surface area contributed by atoms with Gasteiger partial charge in [-0.25, -0.2) is 4.98 Å². The molecule has 0 aliphatic rings. The first-order valence-electron chi connectivity index (χ1n) is 6.21. The van der Waals surface area contributed by atoms with Gasteiger partial charge >= 0.3 is 0 Å². The van der Waals surface area contributed by atoms with Crippen LogP contribution < -0.4 is 4.74 Å². The van der Waals surface area contributed by atoms with Gasteiger partial charge in [-0.2, -0.15) is 0 Å². The van der Waals surface area contributed by atoms with Crippen molar-refractivity contribution in [1.29, 1.82) is 0 Å². The summed E-state index contributed by atoms with van der Waals surface area (Å²) in [5, 5.41) is 0. The molecule has 4 heteroatoms. The molecular formula is C15H15BrClNO. The third-order valence-electron chi connectivity index (χ3n) is 2.63. The second kappa shape index (κ2) is 6.92. The van der Waals surface area contributed by atoms with Crippen LogP contribution in [0.25, 0.3) is 0 Å². The van der Waals surface area contributed by atoms with Crippen LogP contribution in [-0.2, 0) is 12.3 Å². The minimum Gasteiger partial charge on any atom is -0.438 e. The van der Waals surface area contributed by atoms with Gasteiger partial charge in [0.25, 0.3) is 0 Å². The van der Waals surface area contributed by atoms with Crippen LogP contribution in [0.3, 0.4) is 0 Å². The Morgan fingerprint density at radius 3 is 2.74 bits per heavy atom. The van der Waals surface area contributed by atoms with Crippen molar-refractivity contribution in [3.05, 3.63) is 52.1 Å². The maximum atomic E-state index is 5.91. The van der Waals surface area contributed by atoms with Crippen LogP contribution in [0.15, 0.2) is 40.9 Å². The average molecular weight is 341 g/mol. The molecule has 19 heavy (non-hydrogen) atoms. The second-order valence-corrected chi connectivity index (χ2v) is 5.34. The summed E-state index contributed by atoms with van der Waals surface area (Å²) in [7, 11) is 0. The number of aromatic nitrogens is 1. The van der Waals surface area contributed by atoms with Crippen LogP contribution in [0.2, 0.25) is 0 Å². The Kier molecular flexibility index (Phi) is 5.23. The molecule has 1 aromatic heterocycles. The molecule has 0 atom stereocenters. The number of aryl methyl sites for hydroxylation is 1. The molecule has 2 aromatic rings. The highest BCUT2D eigenvalue weighted by molar-refractivity contribution is 9.10. The number of para-hydroxylation sites is 1. The van der Waals surface area contributed by atoms with E-state index in [2.05, 4.69) is 27.8 Å². The maximum absolute atomic E-state index is 5.91. The number of hydrogen-bond acceptors (Lipinski definition) is 2. The van der Waals surface area contributed by atoms with Gasteiger partial charge in [-0.3, -0.25) is 0 Å². The fourth-order valence-corrected chi connectivity index (χ4v) is 2.29. The van der Waals surface area contributed by atoms with E-state index < -0.39 is 0 Å². The van der Waals surface area contributed by atoms with E-state index in [0.29, 0.717) is 11.8 Å². The Labute approximate surface area is 126 Å². The summed E-state index contributed by atoms with van der Waals surface area (Å²) in [6.07, 6.45) is 1.98. The number of alkyl halides is 1. The largest absolute Gasteiger partial charge is 0.438 e. The fourth-order valence-electron chi connectivity index (χ4n) is 1.77. The van der Waals surface area contributed by atoms with Crippen LogP contribution >= 0.6 is 27.5 Å². The van der Waals surface area contributed by atoms with Crippen molar-refractivity contribution in [3.63, 3.8) is 0 Å². The minimum atomic E-state index is 0.464. The number of hydrogen-bond donors (Lipinski definition) is 0. The zero-order valence-corrected chi connectivity index (χ0v) is 13.0. The number of benzene rings is 1. The van der Waals surface area contributed by atoms with Crippen LogP contribution in [-0.4, -0.2) is 4.98 Å². The predicted octanol–water partition coefficient (Wildman–Crippen LogP) is 5.33. The molecule has 0 bridgehead atoms. The van der Waals surface area contributed by atoms with Gasteiger partial charge in [0, 0.05) is 17.6 Å². The Morgan fingerprint density at radius 1 is 1.26 bits per heavy atom. The van der Waals surface area contributed by atoms with Crippen LogP contribution in [0, 0.1) is 0 Å². The number of halogens is 2. The normalized spacial score (nSPS) is 10.5. The van der Waals surface area contributed by atoms with E-state index in [0.717, 1.165) is 34.3 Å². The Bertz CT molecular complexity index is 560. The summed E-state index contributed by atoms with van der Waals surface area (Å²) in [6, 6.07) is 11.6. The second-order valence-electron chi connectivity index (χ2n) is 4.22. The smallest absolute Gasteiger partial charge is 0.219 e. The van der Waals surface area contributed by atoms with Gasteiger partial charge in [0.1, 0.15) is 5.75 Å². The molecule has 0 saturated carbocycles. The number of ether oxygens (including phenoxy) is 1. The van der Waals surface area contributed by atoms with Crippen LogP contribution in [0.5, 0.6) is 11.6 Å². The Hall–Kier alpha value is -1.06. The molecule has 1 heterocycles. The first-order valence-corrected chi connectivity index (χ1v) is 7.54. The quantitative estimate of drug-likeness (QED) is 0.686. The molecule has 0 aliphatic heterocycles. The van der Waals surface area contributed by atoms with Gasteiger partial charge < -0.3 is 4.74 Å². The van der Waals surface area contributed by atoms with E-state index >= 15 is 0 Å². The fraction of sp³-hybridized carbons (Fsp3) is 0.267. The van der Waals surface area contributed by atoms with E-state index in [4.69, 9.17) is 16.3 Å². The highest BCUT2D eigenvalue weighted by Crippen LogP contribution is 2.29. The predicted molar refractivity (Wildman–Crippen MR) is 82.0 cm³/mol. The highest BCUT2D eigenvalue weighted by atomic mass is 79.9. The average Bonchev–Trinajstić information content (AvgIpc) is 2.41. The standard InChI is InChI=1S/C15H15BrClNO/c1-2-5-12-8-11(10-17)9-15(18-12)19-14-7-4-3-6-13(14)16/h3-4,6-9H,2,5,10H2,1H3. The third-order valence-corrected chi connectivity index (χ3v) is 3.59. The lowest BCUT2D eigenvalue weighted by atomic mass is 10.2. The zero-order valence-electron chi connectivity index (χ0n) is 10.7. The van der Waals surface area contributed by atoms with Crippen molar-refractivity contribution in [2.75, 3.05) is 0 Å². The summed E-state index contributed by atoms with van der Waals surface area (Å²) < 4.78 is 6.73.